The topological polar surface area (TPSA) is 73.8 Å². The quantitative estimate of drug-likeness (QED) is 0.420. The van der Waals surface area contributed by atoms with Gasteiger partial charge in [0.2, 0.25) is 10.0 Å². The van der Waals surface area contributed by atoms with Gasteiger partial charge in [-0.15, -0.1) is 0 Å². The van der Waals surface area contributed by atoms with E-state index in [1.54, 1.807) is 7.05 Å². The first-order chi connectivity index (χ1) is 9.97. The van der Waals surface area contributed by atoms with Crippen LogP contribution in [0.5, 0.6) is 0 Å². The molecule has 6 nitrogen and oxygen atoms in total. The molecule has 21 heavy (non-hydrogen) atoms. The van der Waals surface area contributed by atoms with Crippen LogP contribution >= 0.6 is 0 Å². The van der Waals surface area contributed by atoms with Crippen molar-refractivity contribution >= 4 is 16.0 Å². The summed E-state index contributed by atoms with van der Waals surface area (Å²) in [5, 5.41) is 6.71. The van der Waals surface area contributed by atoms with Crippen LogP contribution in [0.1, 0.15) is 45.4 Å². The Morgan fingerprint density at radius 1 is 1.29 bits per heavy atom. The molecule has 0 unspecified atom stereocenters. The van der Waals surface area contributed by atoms with Crippen molar-refractivity contribution in [3.63, 3.8) is 0 Å². The predicted molar refractivity (Wildman–Crippen MR) is 88.1 cm³/mol. The maximum Gasteiger partial charge on any atom is 0.211 e. The first-order valence-corrected chi connectivity index (χ1v) is 9.74. The Labute approximate surface area is 129 Å². The van der Waals surface area contributed by atoms with Gasteiger partial charge in [0.05, 0.1) is 6.26 Å². The highest BCUT2D eigenvalue weighted by Gasteiger charge is 2.15. The molecule has 2 N–H and O–H groups in total. The van der Waals surface area contributed by atoms with E-state index in [4.69, 9.17) is 0 Å². The van der Waals surface area contributed by atoms with Crippen LogP contribution in [-0.2, 0) is 10.0 Å². The molecule has 1 aliphatic carbocycles. The highest BCUT2D eigenvalue weighted by molar-refractivity contribution is 7.88. The van der Waals surface area contributed by atoms with Crippen molar-refractivity contribution in [3.05, 3.63) is 0 Å². The average Bonchev–Trinajstić information content (AvgIpc) is 2.45. The SMILES string of the molecule is CCN(CCCNC(=NC)NC1CCCCC1)S(C)(=O)=O. The second-order valence-corrected chi connectivity index (χ2v) is 7.57. The summed E-state index contributed by atoms with van der Waals surface area (Å²) in [6, 6.07) is 0.521. The maximum atomic E-state index is 11.5. The lowest BCUT2D eigenvalue weighted by Gasteiger charge is -2.25. The first-order valence-electron chi connectivity index (χ1n) is 7.89. The third-order valence-electron chi connectivity index (χ3n) is 3.87. The van der Waals surface area contributed by atoms with Crippen LogP contribution in [0.4, 0.5) is 0 Å². The molecule has 0 aromatic carbocycles. The number of nitrogens with one attached hydrogen (secondary N) is 2. The third kappa shape index (κ3) is 7.13. The summed E-state index contributed by atoms with van der Waals surface area (Å²) in [5.41, 5.74) is 0. The van der Waals surface area contributed by atoms with Crippen molar-refractivity contribution in [2.75, 3.05) is 32.9 Å². The Bertz CT molecular complexity index is 417. The summed E-state index contributed by atoms with van der Waals surface area (Å²) in [7, 11) is -1.31. The van der Waals surface area contributed by atoms with E-state index < -0.39 is 10.0 Å². The van der Waals surface area contributed by atoms with Gasteiger partial charge in [0, 0.05) is 32.7 Å². The summed E-state index contributed by atoms with van der Waals surface area (Å²) in [6.45, 7) is 3.65. The molecule has 1 rings (SSSR count). The zero-order valence-corrected chi connectivity index (χ0v) is 14.4. The average molecular weight is 318 g/mol. The fourth-order valence-electron chi connectivity index (χ4n) is 2.66. The first kappa shape index (κ1) is 18.2. The molecule has 0 aromatic heterocycles. The molecular weight excluding hydrogens is 288 g/mol. The summed E-state index contributed by atoms with van der Waals surface area (Å²) in [5.74, 6) is 0.823. The van der Waals surface area contributed by atoms with Crippen molar-refractivity contribution < 1.29 is 8.42 Å². The molecule has 0 atom stereocenters. The zero-order valence-electron chi connectivity index (χ0n) is 13.6. The molecule has 1 aliphatic rings. The Hall–Kier alpha value is -0.820. The largest absolute Gasteiger partial charge is 0.356 e. The van der Waals surface area contributed by atoms with E-state index in [-0.39, 0.29) is 0 Å². The van der Waals surface area contributed by atoms with Gasteiger partial charge in [0.25, 0.3) is 0 Å². The predicted octanol–water partition coefficient (Wildman–Crippen LogP) is 1.16. The molecule has 0 heterocycles. The molecule has 1 fully saturated rings. The van der Waals surface area contributed by atoms with Gasteiger partial charge < -0.3 is 10.6 Å². The van der Waals surface area contributed by atoms with Crippen molar-refractivity contribution in [3.8, 4) is 0 Å². The van der Waals surface area contributed by atoms with Gasteiger partial charge in [-0.25, -0.2) is 12.7 Å². The van der Waals surface area contributed by atoms with Gasteiger partial charge in [-0.05, 0) is 19.3 Å². The summed E-state index contributed by atoms with van der Waals surface area (Å²) in [4.78, 5) is 4.23. The van der Waals surface area contributed by atoms with E-state index in [1.807, 2.05) is 6.92 Å². The summed E-state index contributed by atoms with van der Waals surface area (Å²) >= 11 is 0. The van der Waals surface area contributed by atoms with Gasteiger partial charge in [-0.3, -0.25) is 4.99 Å². The molecule has 0 radical (unpaired) electrons. The van der Waals surface area contributed by atoms with Gasteiger partial charge in [0.15, 0.2) is 5.96 Å². The van der Waals surface area contributed by atoms with Crippen LogP contribution in [0.25, 0.3) is 0 Å². The fourth-order valence-corrected chi connectivity index (χ4v) is 3.59. The molecule has 0 aliphatic heterocycles. The summed E-state index contributed by atoms with van der Waals surface area (Å²) < 4.78 is 24.4. The van der Waals surface area contributed by atoms with Gasteiger partial charge in [-0.1, -0.05) is 26.2 Å². The van der Waals surface area contributed by atoms with Gasteiger partial charge >= 0.3 is 0 Å². The van der Waals surface area contributed by atoms with Crippen LogP contribution in [0, 0.1) is 0 Å². The number of aliphatic imine (C=N–C) groups is 1. The van der Waals surface area contributed by atoms with E-state index in [1.165, 1.54) is 42.7 Å². The molecule has 0 bridgehead atoms. The van der Waals surface area contributed by atoms with Crippen molar-refractivity contribution in [2.45, 2.75) is 51.5 Å². The molecule has 0 amide bonds. The minimum atomic E-state index is -3.08. The van der Waals surface area contributed by atoms with Crippen molar-refractivity contribution in [1.29, 1.82) is 0 Å². The number of guanidine groups is 1. The maximum absolute atomic E-state index is 11.5. The highest BCUT2D eigenvalue weighted by atomic mass is 32.2. The van der Waals surface area contributed by atoms with Gasteiger partial charge in [-0.2, -0.15) is 0 Å². The second kappa shape index (κ2) is 9.25. The number of hydrogen-bond donors (Lipinski definition) is 2. The number of hydrogen-bond acceptors (Lipinski definition) is 3. The Kier molecular flexibility index (Phi) is 8.03. The van der Waals surface area contributed by atoms with Crippen LogP contribution < -0.4 is 10.6 Å². The minimum Gasteiger partial charge on any atom is -0.356 e. The fraction of sp³-hybridized carbons (Fsp3) is 0.929. The van der Waals surface area contributed by atoms with E-state index >= 15 is 0 Å². The highest BCUT2D eigenvalue weighted by Crippen LogP contribution is 2.17. The van der Waals surface area contributed by atoms with Gasteiger partial charge in [0.1, 0.15) is 0 Å². The molecular formula is C14H30N4O2S. The van der Waals surface area contributed by atoms with Crippen molar-refractivity contribution in [2.24, 2.45) is 4.99 Å². The minimum absolute atomic E-state index is 0.521. The van der Waals surface area contributed by atoms with Crippen LogP contribution in [0.15, 0.2) is 4.99 Å². The molecule has 0 spiro atoms. The van der Waals surface area contributed by atoms with Crippen LogP contribution in [0.2, 0.25) is 0 Å². The number of nitrogens with zero attached hydrogens (tertiary/aromatic N) is 2. The monoisotopic (exact) mass is 318 g/mol. The van der Waals surface area contributed by atoms with E-state index in [2.05, 4.69) is 15.6 Å². The van der Waals surface area contributed by atoms with Crippen molar-refractivity contribution in [1.82, 2.24) is 14.9 Å². The molecule has 1 saturated carbocycles. The van der Waals surface area contributed by atoms with E-state index in [0.29, 0.717) is 19.1 Å². The van der Waals surface area contributed by atoms with E-state index in [0.717, 1.165) is 18.9 Å². The lowest BCUT2D eigenvalue weighted by atomic mass is 9.96. The summed E-state index contributed by atoms with van der Waals surface area (Å²) in [6.07, 6.45) is 8.35. The number of rotatable bonds is 7. The standard InChI is InChI=1S/C14H30N4O2S/c1-4-18(21(3,19)20)12-8-11-16-14(15-2)17-13-9-6-5-7-10-13/h13H,4-12H2,1-3H3,(H2,15,16,17). The third-order valence-corrected chi connectivity index (χ3v) is 5.25. The Morgan fingerprint density at radius 2 is 1.95 bits per heavy atom. The zero-order chi connectivity index (χ0) is 15.7. The van der Waals surface area contributed by atoms with Crippen LogP contribution in [0.3, 0.4) is 0 Å². The normalized spacial score (nSPS) is 18.0. The lowest BCUT2D eigenvalue weighted by molar-refractivity contribution is 0.407. The molecule has 124 valence electrons. The molecule has 0 saturated heterocycles. The molecule has 0 aromatic rings. The smallest absolute Gasteiger partial charge is 0.211 e. The van der Waals surface area contributed by atoms with Crippen LogP contribution in [-0.4, -0.2) is 57.7 Å². The number of sulfonamides is 1. The Morgan fingerprint density at radius 3 is 2.48 bits per heavy atom. The molecule has 7 heteroatoms. The Balaban J connectivity index is 2.26. The lowest BCUT2D eigenvalue weighted by Crippen LogP contribution is -2.45. The second-order valence-electron chi connectivity index (χ2n) is 5.59. The van der Waals surface area contributed by atoms with E-state index in [9.17, 15) is 8.42 Å².